The van der Waals surface area contributed by atoms with Crippen LogP contribution < -0.4 is 0 Å². The highest BCUT2D eigenvalue weighted by Crippen LogP contribution is 2.27. The molecule has 0 aliphatic heterocycles. The lowest BCUT2D eigenvalue weighted by molar-refractivity contribution is 0.183. The van der Waals surface area contributed by atoms with E-state index in [-0.39, 0.29) is 6.61 Å². The lowest BCUT2D eigenvalue weighted by Gasteiger charge is -2.20. The van der Waals surface area contributed by atoms with E-state index in [0.29, 0.717) is 6.04 Å². The summed E-state index contributed by atoms with van der Waals surface area (Å²) in [4.78, 5) is 6.52. The lowest BCUT2D eigenvalue weighted by atomic mass is 10.2. The van der Waals surface area contributed by atoms with Crippen molar-refractivity contribution in [2.75, 3.05) is 13.2 Å². The fourth-order valence-electron chi connectivity index (χ4n) is 1.69. The second-order valence-electron chi connectivity index (χ2n) is 3.91. The maximum Gasteiger partial charge on any atom is 0.106 e. The topological polar surface area (TPSA) is 36.4 Å². The van der Waals surface area contributed by atoms with Crippen molar-refractivity contribution in [1.82, 2.24) is 9.88 Å². The second-order valence-corrected chi connectivity index (χ2v) is 4.73. The molecule has 0 aromatic carbocycles. The highest BCUT2D eigenvalue weighted by Gasteiger charge is 2.28. The molecule has 0 saturated heterocycles. The summed E-state index contributed by atoms with van der Waals surface area (Å²) in [6.45, 7) is 1.90. The summed E-state index contributed by atoms with van der Waals surface area (Å²) in [6, 6.07) is 4.71. The smallest absolute Gasteiger partial charge is 0.106 e. The van der Waals surface area contributed by atoms with Gasteiger partial charge >= 0.3 is 0 Å². The second kappa shape index (κ2) is 5.05. The molecule has 1 aromatic rings. The Morgan fingerprint density at radius 3 is 2.80 bits per heavy atom. The van der Waals surface area contributed by atoms with Crippen molar-refractivity contribution in [3.63, 3.8) is 0 Å². The molecule has 1 saturated carbocycles. The molecule has 2 rings (SSSR count). The number of pyridine rings is 1. The molecular formula is C11H15BrN2O. The van der Waals surface area contributed by atoms with Crippen LogP contribution in [0.1, 0.15) is 18.4 Å². The molecule has 0 unspecified atom stereocenters. The maximum absolute atomic E-state index is 8.97. The van der Waals surface area contributed by atoms with Crippen LogP contribution in [0, 0.1) is 0 Å². The van der Waals surface area contributed by atoms with E-state index >= 15 is 0 Å². The van der Waals surface area contributed by atoms with E-state index in [1.54, 1.807) is 0 Å². The average Bonchev–Trinajstić information content (AvgIpc) is 3.04. The normalized spacial score (nSPS) is 15.9. The van der Waals surface area contributed by atoms with Gasteiger partial charge in [0.1, 0.15) is 4.60 Å². The van der Waals surface area contributed by atoms with E-state index in [1.807, 2.05) is 12.3 Å². The SMILES string of the molecule is OCCN(Cc1ccc(Br)nc1)C1CC1. The summed E-state index contributed by atoms with van der Waals surface area (Å²) in [6.07, 6.45) is 4.42. The third-order valence-corrected chi connectivity index (χ3v) is 3.09. The highest BCUT2D eigenvalue weighted by molar-refractivity contribution is 9.10. The molecular weight excluding hydrogens is 256 g/mol. The molecule has 1 fully saturated rings. The van der Waals surface area contributed by atoms with Gasteiger partial charge in [-0.3, -0.25) is 4.90 Å². The minimum absolute atomic E-state index is 0.237. The monoisotopic (exact) mass is 270 g/mol. The summed E-state index contributed by atoms with van der Waals surface area (Å²) in [7, 11) is 0. The number of nitrogens with zero attached hydrogens (tertiary/aromatic N) is 2. The first-order valence-electron chi connectivity index (χ1n) is 5.25. The largest absolute Gasteiger partial charge is 0.395 e. The molecule has 0 spiro atoms. The molecule has 3 nitrogen and oxygen atoms in total. The van der Waals surface area contributed by atoms with Gasteiger partial charge in [0, 0.05) is 25.3 Å². The fourth-order valence-corrected chi connectivity index (χ4v) is 1.93. The van der Waals surface area contributed by atoms with Crippen molar-refractivity contribution in [1.29, 1.82) is 0 Å². The molecule has 82 valence electrons. The lowest BCUT2D eigenvalue weighted by Crippen LogP contribution is -2.28. The first-order valence-corrected chi connectivity index (χ1v) is 6.04. The van der Waals surface area contributed by atoms with Gasteiger partial charge in [-0.1, -0.05) is 6.07 Å². The van der Waals surface area contributed by atoms with E-state index in [0.717, 1.165) is 17.7 Å². The van der Waals surface area contributed by atoms with Crippen molar-refractivity contribution >= 4 is 15.9 Å². The average molecular weight is 271 g/mol. The molecule has 0 amide bonds. The van der Waals surface area contributed by atoms with Crippen LogP contribution in [-0.4, -0.2) is 34.2 Å². The van der Waals surface area contributed by atoms with Crippen LogP contribution in [-0.2, 0) is 6.54 Å². The van der Waals surface area contributed by atoms with Crippen molar-refractivity contribution in [3.05, 3.63) is 28.5 Å². The Bertz CT molecular complexity index is 311. The number of aromatic nitrogens is 1. The molecule has 0 atom stereocenters. The Kier molecular flexibility index (Phi) is 3.72. The fraction of sp³-hybridized carbons (Fsp3) is 0.545. The number of aliphatic hydroxyl groups excluding tert-OH is 1. The van der Waals surface area contributed by atoms with Gasteiger partial charge in [-0.25, -0.2) is 4.98 Å². The van der Waals surface area contributed by atoms with Crippen LogP contribution in [0.2, 0.25) is 0 Å². The van der Waals surface area contributed by atoms with Crippen LogP contribution in [0.5, 0.6) is 0 Å². The first-order chi connectivity index (χ1) is 7.29. The number of aliphatic hydroxyl groups is 1. The van der Waals surface area contributed by atoms with Crippen LogP contribution in [0.25, 0.3) is 0 Å². The van der Waals surface area contributed by atoms with E-state index in [1.165, 1.54) is 18.4 Å². The van der Waals surface area contributed by atoms with Gasteiger partial charge < -0.3 is 5.11 Å². The molecule has 1 aliphatic rings. The summed E-state index contributed by atoms with van der Waals surface area (Å²) >= 11 is 3.32. The van der Waals surface area contributed by atoms with Gasteiger partial charge in [-0.15, -0.1) is 0 Å². The van der Waals surface area contributed by atoms with Crippen LogP contribution in [0.3, 0.4) is 0 Å². The van der Waals surface area contributed by atoms with Gasteiger partial charge in [0.15, 0.2) is 0 Å². The zero-order chi connectivity index (χ0) is 10.7. The van der Waals surface area contributed by atoms with Gasteiger partial charge in [0.05, 0.1) is 6.61 Å². The van der Waals surface area contributed by atoms with Crippen LogP contribution in [0.15, 0.2) is 22.9 Å². The Morgan fingerprint density at radius 2 is 2.27 bits per heavy atom. The molecule has 15 heavy (non-hydrogen) atoms. The Hall–Kier alpha value is -0.450. The third kappa shape index (κ3) is 3.26. The van der Waals surface area contributed by atoms with E-state index in [9.17, 15) is 0 Å². The zero-order valence-corrected chi connectivity index (χ0v) is 10.2. The van der Waals surface area contributed by atoms with Gasteiger partial charge in [-0.2, -0.15) is 0 Å². The van der Waals surface area contributed by atoms with E-state index in [2.05, 4.69) is 31.9 Å². The van der Waals surface area contributed by atoms with Crippen molar-refractivity contribution in [2.45, 2.75) is 25.4 Å². The van der Waals surface area contributed by atoms with Gasteiger partial charge in [-0.05, 0) is 40.4 Å². The van der Waals surface area contributed by atoms with E-state index < -0.39 is 0 Å². The minimum Gasteiger partial charge on any atom is -0.395 e. The predicted molar refractivity (Wildman–Crippen MR) is 62.5 cm³/mol. The van der Waals surface area contributed by atoms with Gasteiger partial charge in [0.25, 0.3) is 0 Å². The minimum atomic E-state index is 0.237. The Labute approximate surface area is 98.3 Å². The van der Waals surface area contributed by atoms with Crippen LogP contribution >= 0.6 is 15.9 Å². The third-order valence-electron chi connectivity index (χ3n) is 2.62. The van der Waals surface area contributed by atoms with Crippen LogP contribution in [0.4, 0.5) is 0 Å². The zero-order valence-electron chi connectivity index (χ0n) is 8.56. The van der Waals surface area contributed by atoms with Crippen molar-refractivity contribution in [3.8, 4) is 0 Å². The van der Waals surface area contributed by atoms with E-state index in [4.69, 9.17) is 5.11 Å². The molecule has 1 aromatic heterocycles. The summed E-state index contributed by atoms with van der Waals surface area (Å²) in [5.74, 6) is 0. The Balaban J connectivity index is 1.95. The highest BCUT2D eigenvalue weighted by atomic mass is 79.9. The molecule has 4 heteroatoms. The number of halogens is 1. The van der Waals surface area contributed by atoms with Gasteiger partial charge in [0.2, 0.25) is 0 Å². The molecule has 1 aliphatic carbocycles. The molecule has 0 radical (unpaired) electrons. The molecule has 0 bridgehead atoms. The number of rotatable bonds is 5. The van der Waals surface area contributed by atoms with Crippen molar-refractivity contribution in [2.24, 2.45) is 0 Å². The maximum atomic E-state index is 8.97. The first kappa shape index (κ1) is 11.0. The predicted octanol–water partition coefficient (Wildman–Crippen LogP) is 1.80. The molecule has 1 N–H and O–H groups in total. The number of hydrogen-bond acceptors (Lipinski definition) is 3. The number of hydrogen-bond donors (Lipinski definition) is 1. The summed E-state index contributed by atoms with van der Waals surface area (Å²) < 4.78 is 0.867. The summed E-state index contributed by atoms with van der Waals surface area (Å²) in [5, 5.41) is 8.97. The quantitative estimate of drug-likeness (QED) is 0.830. The standard InChI is InChI=1S/C11H15BrN2O/c12-11-4-1-9(7-13-11)8-14(5-6-15)10-2-3-10/h1,4,7,10,15H,2-3,5-6,8H2. The molecule has 1 heterocycles. The van der Waals surface area contributed by atoms with Crippen molar-refractivity contribution < 1.29 is 5.11 Å². The Morgan fingerprint density at radius 1 is 1.47 bits per heavy atom. The summed E-state index contributed by atoms with van der Waals surface area (Å²) in [5.41, 5.74) is 1.21.